The summed E-state index contributed by atoms with van der Waals surface area (Å²) in [7, 11) is 1.89. The zero-order valence-electron chi connectivity index (χ0n) is 13.5. The highest BCUT2D eigenvalue weighted by Gasteiger charge is 2.13. The van der Waals surface area contributed by atoms with E-state index in [1.54, 1.807) is 11.9 Å². The van der Waals surface area contributed by atoms with Crippen molar-refractivity contribution in [3.05, 3.63) is 53.4 Å². The standard InChI is InChI=1S/C17H18N4OS3/c1-19-25-14-6-2-11(3-7-14)16-15(10-22)23-17(21-16)20-12-4-8-13(24-18)9-5-12/h2-9,19,22H,10,18H2,1H3,(H,20,21). The Morgan fingerprint density at radius 3 is 2.36 bits per heavy atom. The predicted molar refractivity (Wildman–Crippen MR) is 108 cm³/mol. The van der Waals surface area contributed by atoms with E-state index in [4.69, 9.17) is 5.14 Å². The lowest BCUT2D eigenvalue weighted by atomic mass is 10.1. The van der Waals surface area contributed by atoms with E-state index in [1.165, 1.54) is 23.3 Å². The molecule has 25 heavy (non-hydrogen) atoms. The van der Waals surface area contributed by atoms with Gasteiger partial charge in [-0.2, -0.15) is 0 Å². The minimum Gasteiger partial charge on any atom is -0.391 e. The molecule has 0 unspecified atom stereocenters. The summed E-state index contributed by atoms with van der Waals surface area (Å²) in [6.45, 7) is -0.0373. The molecule has 5 N–H and O–H groups in total. The van der Waals surface area contributed by atoms with Gasteiger partial charge in [0.15, 0.2) is 5.13 Å². The summed E-state index contributed by atoms with van der Waals surface area (Å²) < 4.78 is 3.05. The van der Waals surface area contributed by atoms with Crippen LogP contribution in [-0.4, -0.2) is 17.1 Å². The molecular formula is C17H18N4OS3. The predicted octanol–water partition coefficient (Wildman–Crippen LogP) is 4.24. The van der Waals surface area contributed by atoms with Crippen molar-refractivity contribution in [2.75, 3.05) is 12.4 Å². The highest BCUT2D eigenvalue weighted by atomic mass is 32.2. The average Bonchev–Trinajstić information content (AvgIpc) is 3.06. The molecule has 0 radical (unpaired) electrons. The van der Waals surface area contributed by atoms with E-state index in [0.29, 0.717) is 0 Å². The number of thiazole rings is 1. The Hall–Kier alpha value is -1.55. The maximum Gasteiger partial charge on any atom is 0.188 e. The number of anilines is 2. The minimum absolute atomic E-state index is 0.0373. The van der Waals surface area contributed by atoms with Crippen LogP contribution in [0.4, 0.5) is 10.8 Å². The molecule has 0 aliphatic rings. The molecule has 0 amide bonds. The van der Waals surface area contributed by atoms with E-state index in [1.807, 2.05) is 55.6 Å². The number of aliphatic hydroxyl groups is 1. The van der Waals surface area contributed by atoms with Crippen molar-refractivity contribution in [1.29, 1.82) is 0 Å². The van der Waals surface area contributed by atoms with E-state index in [-0.39, 0.29) is 6.61 Å². The fraction of sp³-hybridized carbons (Fsp3) is 0.118. The van der Waals surface area contributed by atoms with Gasteiger partial charge in [0.1, 0.15) is 0 Å². The zero-order valence-corrected chi connectivity index (χ0v) is 16.0. The van der Waals surface area contributed by atoms with Gasteiger partial charge in [-0.3, -0.25) is 9.86 Å². The van der Waals surface area contributed by atoms with Crippen LogP contribution < -0.4 is 15.2 Å². The largest absolute Gasteiger partial charge is 0.391 e. The van der Waals surface area contributed by atoms with Crippen molar-refractivity contribution in [3.8, 4) is 11.3 Å². The first-order chi connectivity index (χ1) is 12.2. The number of rotatable bonds is 7. The topological polar surface area (TPSA) is 83.2 Å². The lowest BCUT2D eigenvalue weighted by Gasteiger charge is -2.03. The smallest absolute Gasteiger partial charge is 0.188 e. The molecule has 3 aromatic rings. The van der Waals surface area contributed by atoms with E-state index in [9.17, 15) is 5.11 Å². The quantitative estimate of drug-likeness (QED) is 0.449. The first-order valence-electron chi connectivity index (χ1n) is 7.52. The van der Waals surface area contributed by atoms with E-state index >= 15 is 0 Å². The molecule has 130 valence electrons. The van der Waals surface area contributed by atoms with Crippen molar-refractivity contribution in [1.82, 2.24) is 9.71 Å². The Morgan fingerprint density at radius 2 is 1.76 bits per heavy atom. The normalized spacial score (nSPS) is 10.8. The van der Waals surface area contributed by atoms with E-state index < -0.39 is 0 Å². The first kappa shape index (κ1) is 18.2. The van der Waals surface area contributed by atoms with Crippen LogP contribution in [0.1, 0.15) is 4.88 Å². The number of benzene rings is 2. The highest BCUT2D eigenvalue weighted by Crippen LogP contribution is 2.33. The summed E-state index contributed by atoms with van der Waals surface area (Å²) in [6, 6.07) is 15.9. The fourth-order valence-corrected chi connectivity index (χ4v) is 3.94. The first-order valence-corrected chi connectivity index (χ1v) is 10.0. The second kappa shape index (κ2) is 8.70. The molecule has 0 bridgehead atoms. The van der Waals surface area contributed by atoms with Gasteiger partial charge in [-0.25, -0.2) is 4.98 Å². The molecule has 0 saturated carbocycles. The van der Waals surface area contributed by atoms with Gasteiger partial charge in [-0.15, -0.1) is 0 Å². The second-order valence-corrected chi connectivity index (χ2v) is 7.92. The van der Waals surface area contributed by atoms with Crippen molar-refractivity contribution >= 4 is 46.1 Å². The fourth-order valence-electron chi connectivity index (χ4n) is 2.28. The number of hydrogen-bond donors (Lipinski definition) is 4. The van der Waals surface area contributed by atoms with Gasteiger partial charge < -0.3 is 10.4 Å². The van der Waals surface area contributed by atoms with Gasteiger partial charge >= 0.3 is 0 Å². The Morgan fingerprint density at radius 1 is 1.08 bits per heavy atom. The number of hydrogen-bond acceptors (Lipinski definition) is 8. The minimum atomic E-state index is -0.0373. The summed E-state index contributed by atoms with van der Waals surface area (Å²) in [5.74, 6) is 0. The number of nitrogens with one attached hydrogen (secondary N) is 2. The summed E-state index contributed by atoms with van der Waals surface area (Å²) in [6.07, 6.45) is 0. The van der Waals surface area contributed by atoms with Crippen molar-refractivity contribution in [3.63, 3.8) is 0 Å². The van der Waals surface area contributed by atoms with E-state index in [2.05, 4.69) is 15.0 Å². The maximum atomic E-state index is 9.68. The molecule has 3 rings (SSSR count). The maximum absolute atomic E-state index is 9.68. The number of aliphatic hydroxyl groups excluding tert-OH is 1. The number of aromatic nitrogens is 1. The van der Waals surface area contributed by atoms with Crippen LogP contribution in [0.5, 0.6) is 0 Å². The second-order valence-electron chi connectivity index (χ2n) is 5.05. The van der Waals surface area contributed by atoms with Gasteiger partial charge in [-0.1, -0.05) is 23.5 Å². The van der Waals surface area contributed by atoms with Crippen molar-refractivity contribution < 1.29 is 5.11 Å². The average molecular weight is 391 g/mol. The highest BCUT2D eigenvalue weighted by molar-refractivity contribution is 7.97. The molecule has 0 spiro atoms. The van der Waals surface area contributed by atoms with E-state index in [0.717, 1.165) is 36.7 Å². The Bertz CT molecular complexity index is 819. The third-order valence-electron chi connectivity index (χ3n) is 3.43. The summed E-state index contributed by atoms with van der Waals surface area (Å²) in [5, 5.41) is 19.3. The molecule has 0 fully saturated rings. The molecule has 1 heterocycles. The van der Waals surface area contributed by atoms with Crippen LogP contribution in [0.15, 0.2) is 58.3 Å². The van der Waals surface area contributed by atoms with Gasteiger partial charge in [0.05, 0.1) is 17.2 Å². The molecule has 0 aliphatic heterocycles. The Balaban J connectivity index is 1.83. The van der Waals surface area contributed by atoms with Crippen LogP contribution in [0.3, 0.4) is 0 Å². The molecule has 1 aromatic heterocycles. The molecule has 0 atom stereocenters. The van der Waals surface area contributed by atoms with Crippen LogP contribution in [0.2, 0.25) is 0 Å². The molecule has 5 nitrogen and oxygen atoms in total. The molecule has 0 saturated heterocycles. The lowest BCUT2D eigenvalue weighted by molar-refractivity contribution is 0.286. The lowest BCUT2D eigenvalue weighted by Crippen LogP contribution is -1.91. The summed E-state index contributed by atoms with van der Waals surface area (Å²) >= 11 is 4.23. The Labute approximate surface area is 159 Å². The summed E-state index contributed by atoms with van der Waals surface area (Å²) in [4.78, 5) is 7.63. The van der Waals surface area contributed by atoms with Crippen molar-refractivity contribution in [2.24, 2.45) is 5.14 Å². The third-order valence-corrected chi connectivity index (χ3v) is 5.64. The molecule has 0 aliphatic carbocycles. The van der Waals surface area contributed by atoms with Crippen LogP contribution in [-0.2, 0) is 6.61 Å². The van der Waals surface area contributed by atoms with Crippen LogP contribution >= 0.6 is 35.2 Å². The third kappa shape index (κ3) is 4.55. The monoisotopic (exact) mass is 390 g/mol. The zero-order chi connectivity index (χ0) is 17.6. The number of nitrogens with zero attached hydrogens (tertiary/aromatic N) is 1. The van der Waals surface area contributed by atoms with Gasteiger partial charge in [0, 0.05) is 21.0 Å². The molecule has 2 aromatic carbocycles. The van der Waals surface area contributed by atoms with Gasteiger partial charge in [0.25, 0.3) is 0 Å². The van der Waals surface area contributed by atoms with Crippen LogP contribution in [0, 0.1) is 0 Å². The summed E-state index contributed by atoms with van der Waals surface area (Å²) in [5.41, 5.74) is 2.73. The van der Waals surface area contributed by atoms with Crippen molar-refractivity contribution in [2.45, 2.75) is 16.4 Å². The number of nitrogens with two attached hydrogens (primary N) is 1. The molecule has 8 heteroatoms. The van der Waals surface area contributed by atoms with Crippen LogP contribution in [0.25, 0.3) is 11.3 Å². The van der Waals surface area contributed by atoms with Gasteiger partial charge in [-0.05, 0) is 67.3 Å². The Kier molecular flexibility index (Phi) is 6.35. The molecular weight excluding hydrogens is 372 g/mol. The SMILES string of the molecule is CNSc1ccc(-c2nc(Nc3ccc(SN)cc3)sc2CO)cc1. The van der Waals surface area contributed by atoms with Gasteiger partial charge in [0.2, 0.25) is 0 Å².